The third-order valence-electron chi connectivity index (χ3n) is 4.90. The Labute approximate surface area is 151 Å². The highest BCUT2D eigenvalue weighted by atomic mass is 32.1. The third kappa shape index (κ3) is 3.37. The van der Waals surface area contributed by atoms with Gasteiger partial charge in [0.15, 0.2) is 0 Å². The summed E-state index contributed by atoms with van der Waals surface area (Å²) in [4.78, 5) is 22.1. The van der Waals surface area contributed by atoms with Gasteiger partial charge in [0.05, 0.1) is 10.7 Å². The zero-order valence-corrected chi connectivity index (χ0v) is 15.1. The van der Waals surface area contributed by atoms with Crippen molar-refractivity contribution < 1.29 is 4.79 Å². The van der Waals surface area contributed by atoms with Crippen molar-refractivity contribution >= 4 is 34.2 Å². The van der Waals surface area contributed by atoms with E-state index in [1.807, 2.05) is 23.3 Å². The van der Waals surface area contributed by atoms with Crippen LogP contribution in [0.25, 0.3) is 17.0 Å². The second-order valence-electron chi connectivity index (χ2n) is 6.51. The zero-order chi connectivity index (χ0) is 17.2. The van der Waals surface area contributed by atoms with Crippen molar-refractivity contribution in [3.8, 4) is 0 Å². The summed E-state index contributed by atoms with van der Waals surface area (Å²) < 4.78 is 0. The van der Waals surface area contributed by atoms with Crippen molar-refractivity contribution in [3.05, 3.63) is 58.2 Å². The fraction of sp³-hybridized carbons (Fsp3) is 0.300. The summed E-state index contributed by atoms with van der Waals surface area (Å²) in [6.07, 6.45) is 7.63. The highest BCUT2D eigenvalue weighted by Gasteiger charge is 2.24. The molecule has 1 aliphatic heterocycles. The Morgan fingerprint density at radius 3 is 2.88 bits per heavy atom. The lowest BCUT2D eigenvalue weighted by Crippen LogP contribution is -2.36. The molecular formula is C20H21N3OS. The topological polar surface area (TPSA) is 49.0 Å². The van der Waals surface area contributed by atoms with Crippen LogP contribution >= 0.6 is 11.3 Å². The van der Waals surface area contributed by atoms with Crippen LogP contribution in [-0.4, -0.2) is 33.9 Å². The lowest BCUT2D eigenvalue weighted by Gasteiger charge is -2.31. The molecule has 1 N–H and O–H groups in total. The summed E-state index contributed by atoms with van der Waals surface area (Å²) in [5, 5.41) is 4.31. The first-order valence-electron chi connectivity index (χ1n) is 8.66. The molecule has 0 aliphatic carbocycles. The minimum absolute atomic E-state index is 0.0861. The Morgan fingerprint density at radius 2 is 2.12 bits per heavy atom. The van der Waals surface area contributed by atoms with Crippen molar-refractivity contribution in [2.45, 2.75) is 25.7 Å². The second kappa shape index (κ2) is 6.84. The molecule has 0 radical (unpaired) electrons. The maximum Gasteiger partial charge on any atom is 0.246 e. The van der Waals surface area contributed by atoms with E-state index < -0.39 is 0 Å². The molecule has 128 valence electrons. The van der Waals surface area contributed by atoms with E-state index in [0.717, 1.165) is 36.6 Å². The molecule has 1 amide bonds. The highest BCUT2D eigenvalue weighted by molar-refractivity contribution is 7.09. The minimum atomic E-state index is 0.0861. The number of aromatic amines is 1. The number of aromatic nitrogens is 2. The fourth-order valence-corrected chi connectivity index (χ4v) is 4.14. The minimum Gasteiger partial charge on any atom is -0.361 e. The third-order valence-corrected chi connectivity index (χ3v) is 5.69. The molecule has 4 nitrogen and oxygen atoms in total. The van der Waals surface area contributed by atoms with Gasteiger partial charge in [-0.3, -0.25) is 4.79 Å². The number of piperidine rings is 1. The second-order valence-corrected chi connectivity index (χ2v) is 7.58. The monoisotopic (exact) mass is 351 g/mol. The van der Waals surface area contributed by atoms with Gasteiger partial charge in [-0.05, 0) is 43.4 Å². The average molecular weight is 351 g/mol. The van der Waals surface area contributed by atoms with Crippen molar-refractivity contribution in [2.75, 3.05) is 13.1 Å². The number of thiazole rings is 1. The predicted molar refractivity (Wildman–Crippen MR) is 103 cm³/mol. The SMILES string of the molecule is Cc1nc(/C=C/C(=O)N2CCC(c3c[nH]c4ccccc34)CC2)cs1. The number of rotatable bonds is 3. The quantitative estimate of drug-likeness (QED) is 0.713. The number of para-hydroxylation sites is 1. The zero-order valence-electron chi connectivity index (χ0n) is 14.2. The molecule has 1 fully saturated rings. The first kappa shape index (κ1) is 16.1. The molecule has 0 saturated carbocycles. The van der Waals surface area contributed by atoms with Gasteiger partial charge in [0.2, 0.25) is 5.91 Å². The lowest BCUT2D eigenvalue weighted by molar-refractivity contribution is -0.126. The average Bonchev–Trinajstić information content (AvgIpc) is 3.26. The smallest absolute Gasteiger partial charge is 0.246 e. The van der Waals surface area contributed by atoms with Gasteiger partial charge in [-0.15, -0.1) is 11.3 Å². The molecule has 4 rings (SSSR count). The summed E-state index contributed by atoms with van der Waals surface area (Å²) >= 11 is 1.60. The summed E-state index contributed by atoms with van der Waals surface area (Å²) in [5.74, 6) is 0.605. The number of nitrogens with zero attached hydrogens (tertiary/aromatic N) is 2. The van der Waals surface area contributed by atoms with E-state index in [2.05, 4.69) is 40.4 Å². The summed E-state index contributed by atoms with van der Waals surface area (Å²) in [6, 6.07) is 8.43. The predicted octanol–water partition coefficient (Wildman–Crippen LogP) is 4.35. The van der Waals surface area contributed by atoms with E-state index in [1.54, 1.807) is 17.4 Å². The van der Waals surface area contributed by atoms with E-state index in [1.165, 1.54) is 16.5 Å². The number of aryl methyl sites for hydroxylation is 1. The molecule has 0 unspecified atom stereocenters. The number of carbonyl (C=O) groups is 1. The van der Waals surface area contributed by atoms with E-state index in [0.29, 0.717) is 5.92 Å². The van der Waals surface area contributed by atoms with Crippen LogP contribution in [0.5, 0.6) is 0 Å². The molecule has 1 aliphatic rings. The molecule has 2 aromatic heterocycles. The molecule has 3 aromatic rings. The van der Waals surface area contributed by atoms with Gasteiger partial charge in [0, 0.05) is 41.6 Å². The number of hydrogen-bond acceptors (Lipinski definition) is 3. The normalized spacial score (nSPS) is 16.1. The van der Waals surface area contributed by atoms with Crippen LogP contribution in [0, 0.1) is 6.92 Å². The first-order valence-corrected chi connectivity index (χ1v) is 9.54. The summed E-state index contributed by atoms with van der Waals surface area (Å²) in [7, 11) is 0. The van der Waals surface area contributed by atoms with Crippen LogP contribution in [0.15, 0.2) is 41.9 Å². The van der Waals surface area contributed by atoms with Gasteiger partial charge in [0.25, 0.3) is 0 Å². The van der Waals surface area contributed by atoms with Crippen LogP contribution in [0.3, 0.4) is 0 Å². The van der Waals surface area contributed by atoms with E-state index >= 15 is 0 Å². The van der Waals surface area contributed by atoms with Gasteiger partial charge >= 0.3 is 0 Å². The molecule has 1 aromatic carbocycles. The molecular weight excluding hydrogens is 330 g/mol. The number of likely N-dealkylation sites (tertiary alicyclic amines) is 1. The van der Waals surface area contributed by atoms with Gasteiger partial charge in [-0.2, -0.15) is 0 Å². The largest absolute Gasteiger partial charge is 0.361 e. The maximum absolute atomic E-state index is 12.4. The standard InChI is InChI=1S/C20H21N3OS/c1-14-22-16(13-25-14)6-7-20(24)23-10-8-15(9-11-23)18-12-21-19-5-3-2-4-17(18)19/h2-7,12-13,15,21H,8-11H2,1H3/b7-6+. The lowest BCUT2D eigenvalue weighted by atomic mass is 9.89. The molecule has 0 spiro atoms. The van der Waals surface area contributed by atoms with Crippen LogP contribution in [0.2, 0.25) is 0 Å². The Bertz CT molecular complexity index is 916. The molecule has 0 atom stereocenters. The van der Waals surface area contributed by atoms with Gasteiger partial charge in [-0.1, -0.05) is 18.2 Å². The van der Waals surface area contributed by atoms with E-state index in [-0.39, 0.29) is 5.91 Å². The Morgan fingerprint density at radius 1 is 1.32 bits per heavy atom. The van der Waals surface area contributed by atoms with Crippen LogP contribution in [0.1, 0.15) is 35.0 Å². The Kier molecular flexibility index (Phi) is 4.40. The number of amides is 1. The van der Waals surface area contributed by atoms with Crippen LogP contribution in [-0.2, 0) is 4.79 Å². The first-order chi connectivity index (χ1) is 12.2. The Balaban J connectivity index is 1.39. The molecule has 5 heteroatoms. The maximum atomic E-state index is 12.4. The highest BCUT2D eigenvalue weighted by Crippen LogP contribution is 2.33. The van der Waals surface area contributed by atoms with Crippen molar-refractivity contribution in [1.29, 1.82) is 0 Å². The molecule has 3 heterocycles. The fourth-order valence-electron chi connectivity index (χ4n) is 3.56. The van der Waals surface area contributed by atoms with Crippen LogP contribution in [0.4, 0.5) is 0 Å². The van der Waals surface area contributed by atoms with Crippen molar-refractivity contribution in [3.63, 3.8) is 0 Å². The number of fused-ring (bicyclic) bond motifs is 1. The summed E-state index contributed by atoms with van der Waals surface area (Å²) in [6.45, 7) is 3.59. The van der Waals surface area contributed by atoms with Crippen molar-refractivity contribution in [1.82, 2.24) is 14.9 Å². The number of hydrogen-bond donors (Lipinski definition) is 1. The van der Waals surface area contributed by atoms with Crippen LogP contribution < -0.4 is 0 Å². The summed E-state index contributed by atoms with van der Waals surface area (Å²) in [5.41, 5.74) is 3.44. The molecule has 1 saturated heterocycles. The molecule has 25 heavy (non-hydrogen) atoms. The number of carbonyl (C=O) groups excluding carboxylic acids is 1. The number of H-pyrrole nitrogens is 1. The van der Waals surface area contributed by atoms with E-state index in [9.17, 15) is 4.79 Å². The number of benzene rings is 1. The molecule has 0 bridgehead atoms. The van der Waals surface area contributed by atoms with Gasteiger partial charge in [0.1, 0.15) is 0 Å². The van der Waals surface area contributed by atoms with E-state index in [4.69, 9.17) is 0 Å². The van der Waals surface area contributed by atoms with Gasteiger partial charge < -0.3 is 9.88 Å². The Hall–Kier alpha value is -2.40. The van der Waals surface area contributed by atoms with Crippen molar-refractivity contribution in [2.24, 2.45) is 0 Å². The van der Waals surface area contributed by atoms with Gasteiger partial charge in [-0.25, -0.2) is 4.98 Å². The number of nitrogens with one attached hydrogen (secondary N) is 1.